The summed E-state index contributed by atoms with van der Waals surface area (Å²) in [7, 11) is -3.80. The van der Waals surface area contributed by atoms with Crippen LogP contribution in [0.3, 0.4) is 0 Å². The van der Waals surface area contributed by atoms with Gasteiger partial charge in [-0.25, -0.2) is 23.5 Å². The quantitative estimate of drug-likeness (QED) is 0.508. The van der Waals surface area contributed by atoms with E-state index in [4.69, 9.17) is 9.56 Å². The van der Waals surface area contributed by atoms with Gasteiger partial charge in [-0.3, -0.25) is 0 Å². The van der Waals surface area contributed by atoms with Crippen LogP contribution in [0.4, 0.5) is 11.6 Å². The smallest absolute Gasteiger partial charge is 0.238 e. The highest BCUT2D eigenvalue weighted by atomic mass is 32.2. The molecule has 4 rings (SSSR count). The zero-order valence-electron chi connectivity index (χ0n) is 12.7. The van der Waals surface area contributed by atoms with Crippen LogP contribution in [-0.4, -0.2) is 28.4 Å². The lowest BCUT2D eigenvalue weighted by atomic mass is 10.2. The number of sulfonamides is 1. The number of aromatic nitrogens is 4. The number of fused-ring (bicyclic) bond motifs is 1. The van der Waals surface area contributed by atoms with Crippen LogP contribution < -0.4 is 10.5 Å². The number of primary sulfonamides is 1. The van der Waals surface area contributed by atoms with Crippen LogP contribution in [-0.2, 0) is 10.0 Å². The van der Waals surface area contributed by atoms with Gasteiger partial charge in [0.25, 0.3) is 0 Å². The Kier molecular flexibility index (Phi) is 3.48. The molecule has 4 N–H and O–H groups in total. The molecule has 9 nitrogen and oxygen atoms in total. The number of hydrogen-bond donors (Lipinski definition) is 3. The minimum atomic E-state index is -3.80. The third-order valence-corrected chi connectivity index (χ3v) is 4.40. The first-order valence-electron chi connectivity index (χ1n) is 7.14. The van der Waals surface area contributed by atoms with Crippen molar-refractivity contribution in [2.24, 2.45) is 5.14 Å². The molecule has 0 bridgehead atoms. The van der Waals surface area contributed by atoms with E-state index in [0.717, 1.165) is 5.56 Å². The summed E-state index contributed by atoms with van der Waals surface area (Å²) in [6.07, 6.45) is 4.62. The fourth-order valence-electron chi connectivity index (χ4n) is 2.37. The number of H-pyrrole nitrogens is 1. The molecule has 0 saturated carbocycles. The second kappa shape index (κ2) is 5.69. The molecule has 126 valence electrons. The molecule has 0 aliphatic carbocycles. The summed E-state index contributed by atoms with van der Waals surface area (Å²) in [4.78, 5) is 16.0. The summed E-state index contributed by atoms with van der Waals surface area (Å²) >= 11 is 0. The summed E-state index contributed by atoms with van der Waals surface area (Å²) in [6, 6.07) is 7.85. The van der Waals surface area contributed by atoms with Crippen molar-refractivity contribution in [3.8, 4) is 11.3 Å². The van der Waals surface area contributed by atoms with Crippen molar-refractivity contribution in [3.05, 3.63) is 49.2 Å². The summed E-state index contributed by atoms with van der Waals surface area (Å²) in [5.41, 5.74) is 2.97. The highest BCUT2D eigenvalue weighted by Gasteiger charge is 2.14. The summed E-state index contributed by atoms with van der Waals surface area (Å²) in [5.74, 6) is 0.277. The number of nitrogens with two attached hydrogens (primary N) is 1. The van der Waals surface area contributed by atoms with Gasteiger partial charge in [0.1, 0.15) is 11.2 Å². The van der Waals surface area contributed by atoms with Crippen LogP contribution in [0.25, 0.3) is 22.4 Å². The fraction of sp³-hybridized carbons (Fsp3) is 0. The molecule has 10 heteroatoms. The van der Waals surface area contributed by atoms with E-state index < -0.39 is 10.0 Å². The van der Waals surface area contributed by atoms with Crippen molar-refractivity contribution in [1.82, 2.24) is 19.9 Å². The average Bonchev–Trinajstić information content (AvgIpc) is 3.25. The van der Waals surface area contributed by atoms with Gasteiger partial charge in [0.15, 0.2) is 5.65 Å². The second-order valence-electron chi connectivity index (χ2n) is 5.21. The van der Waals surface area contributed by atoms with Crippen molar-refractivity contribution in [2.75, 3.05) is 5.32 Å². The Morgan fingerprint density at radius 1 is 1.20 bits per heavy atom. The van der Waals surface area contributed by atoms with Crippen molar-refractivity contribution >= 4 is 32.8 Å². The second-order valence-corrected chi connectivity index (χ2v) is 6.77. The number of imidazole rings is 1. The van der Waals surface area contributed by atoms with Gasteiger partial charge in [-0.2, -0.15) is 4.98 Å². The Morgan fingerprint density at radius 3 is 2.84 bits per heavy atom. The molecule has 0 spiro atoms. The SMILES string of the molecule is NS(=O)(=O)c1cccc(Nc2nc(-c3ccoc3)c3nc[nH]c3n2)c1. The minimum Gasteiger partial charge on any atom is -0.472 e. The summed E-state index contributed by atoms with van der Waals surface area (Å²) in [5, 5.41) is 8.14. The predicted molar refractivity (Wildman–Crippen MR) is 90.5 cm³/mol. The lowest BCUT2D eigenvalue weighted by Crippen LogP contribution is -2.12. The lowest BCUT2D eigenvalue weighted by Gasteiger charge is -2.08. The zero-order valence-corrected chi connectivity index (χ0v) is 13.5. The first-order valence-corrected chi connectivity index (χ1v) is 8.69. The zero-order chi connectivity index (χ0) is 17.4. The number of anilines is 2. The molecule has 1 aromatic carbocycles. The Labute approximate surface area is 142 Å². The molecule has 0 aliphatic rings. The first-order chi connectivity index (χ1) is 12.0. The van der Waals surface area contributed by atoms with Gasteiger partial charge in [0.2, 0.25) is 16.0 Å². The number of rotatable bonds is 4. The van der Waals surface area contributed by atoms with Crippen LogP contribution in [0, 0.1) is 0 Å². The molecule has 25 heavy (non-hydrogen) atoms. The predicted octanol–water partition coefficient (Wildman–Crippen LogP) is 2.00. The topological polar surface area (TPSA) is 140 Å². The van der Waals surface area contributed by atoms with Crippen LogP contribution in [0.5, 0.6) is 0 Å². The Bertz CT molecular complexity index is 1150. The van der Waals surface area contributed by atoms with E-state index in [1.165, 1.54) is 18.5 Å². The van der Waals surface area contributed by atoms with Crippen LogP contribution in [0.2, 0.25) is 0 Å². The van der Waals surface area contributed by atoms with Crippen molar-refractivity contribution in [3.63, 3.8) is 0 Å². The molecule has 0 saturated heterocycles. The van der Waals surface area contributed by atoms with Crippen LogP contribution >= 0.6 is 0 Å². The molecule has 0 aliphatic heterocycles. The fourth-order valence-corrected chi connectivity index (χ4v) is 2.93. The molecular weight excluding hydrogens is 344 g/mol. The van der Waals surface area contributed by atoms with Gasteiger partial charge in [-0.05, 0) is 24.3 Å². The van der Waals surface area contributed by atoms with E-state index in [0.29, 0.717) is 22.5 Å². The first kappa shape index (κ1) is 15.3. The molecule has 0 atom stereocenters. The molecule has 3 aromatic heterocycles. The Morgan fingerprint density at radius 2 is 2.08 bits per heavy atom. The van der Waals surface area contributed by atoms with Gasteiger partial charge < -0.3 is 14.7 Å². The van der Waals surface area contributed by atoms with Gasteiger partial charge in [0.05, 0.1) is 23.7 Å². The molecule has 4 aromatic rings. The van der Waals surface area contributed by atoms with E-state index in [1.54, 1.807) is 30.7 Å². The summed E-state index contributed by atoms with van der Waals surface area (Å²) < 4.78 is 28.1. The molecule has 0 radical (unpaired) electrons. The lowest BCUT2D eigenvalue weighted by molar-refractivity contribution is 0.568. The highest BCUT2D eigenvalue weighted by Crippen LogP contribution is 2.26. The van der Waals surface area contributed by atoms with E-state index in [-0.39, 0.29) is 10.8 Å². The van der Waals surface area contributed by atoms with Crippen LogP contribution in [0.15, 0.2) is 58.5 Å². The number of furan rings is 1. The largest absolute Gasteiger partial charge is 0.472 e. The third-order valence-electron chi connectivity index (χ3n) is 3.49. The minimum absolute atomic E-state index is 0.00447. The molecule has 0 unspecified atom stereocenters. The molecule has 3 heterocycles. The maximum Gasteiger partial charge on any atom is 0.238 e. The Balaban J connectivity index is 1.78. The monoisotopic (exact) mass is 356 g/mol. The maximum atomic E-state index is 11.5. The highest BCUT2D eigenvalue weighted by molar-refractivity contribution is 7.89. The van der Waals surface area contributed by atoms with E-state index in [2.05, 4.69) is 25.3 Å². The van der Waals surface area contributed by atoms with Gasteiger partial charge >= 0.3 is 0 Å². The number of nitrogens with one attached hydrogen (secondary N) is 2. The normalized spacial score (nSPS) is 11.7. The van der Waals surface area contributed by atoms with E-state index >= 15 is 0 Å². The van der Waals surface area contributed by atoms with Crippen molar-refractivity contribution < 1.29 is 12.8 Å². The Hall–Kier alpha value is -3.24. The van der Waals surface area contributed by atoms with E-state index in [9.17, 15) is 8.42 Å². The number of aromatic amines is 1. The third kappa shape index (κ3) is 2.95. The number of benzene rings is 1. The molecular formula is C15H12N6O3S. The number of nitrogens with zero attached hydrogens (tertiary/aromatic N) is 3. The van der Waals surface area contributed by atoms with Crippen LogP contribution in [0.1, 0.15) is 0 Å². The van der Waals surface area contributed by atoms with E-state index in [1.807, 2.05) is 0 Å². The van der Waals surface area contributed by atoms with Crippen molar-refractivity contribution in [1.29, 1.82) is 0 Å². The van der Waals surface area contributed by atoms with Gasteiger partial charge in [-0.15, -0.1) is 0 Å². The number of hydrogen-bond acceptors (Lipinski definition) is 7. The average molecular weight is 356 g/mol. The standard InChI is InChI=1S/C15H12N6O3S/c16-25(22,23)11-3-1-2-10(6-11)19-15-20-12(9-4-5-24-7-9)13-14(21-15)18-8-17-13/h1-8H,(H2,16,22,23)(H2,17,18,19,20,21). The summed E-state index contributed by atoms with van der Waals surface area (Å²) in [6.45, 7) is 0. The molecule has 0 fully saturated rings. The van der Waals surface area contributed by atoms with Gasteiger partial charge in [-0.1, -0.05) is 6.07 Å². The maximum absolute atomic E-state index is 11.5. The van der Waals surface area contributed by atoms with Crippen molar-refractivity contribution in [2.45, 2.75) is 4.90 Å². The van der Waals surface area contributed by atoms with Gasteiger partial charge in [0, 0.05) is 11.3 Å². The molecule has 0 amide bonds.